The monoisotopic (exact) mass is 288 g/mol. The molecule has 1 fully saturated rings. The Balaban J connectivity index is 1.77. The van der Waals surface area contributed by atoms with E-state index >= 15 is 0 Å². The van der Waals surface area contributed by atoms with Gasteiger partial charge in [-0.15, -0.1) is 0 Å². The highest BCUT2D eigenvalue weighted by atomic mass is 19.1. The Bertz CT molecular complexity index is 648. The van der Waals surface area contributed by atoms with E-state index in [0.717, 1.165) is 26.1 Å². The highest BCUT2D eigenvalue weighted by molar-refractivity contribution is 6.04. The Hall–Kier alpha value is -1.94. The summed E-state index contributed by atoms with van der Waals surface area (Å²) in [6, 6.07) is 9.75. The van der Waals surface area contributed by atoms with Gasteiger partial charge in [-0.2, -0.15) is 0 Å². The minimum atomic E-state index is -0.391. The molecule has 0 bridgehead atoms. The van der Waals surface area contributed by atoms with Crippen molar-refractivity contribution in [3.63, 3.8) is 0 Å². The molecule has 0 saturated carbocycles. The van der Waals surface area contributed by atoms with Crippen LogP contribution in [-0.4, -0.2) is 25.8 Å². The molecule has 0 N–H and O–H groups in total. The normalized spacial score (nSPS) is 16.0. The smallest absolute Gasteiger partial charge is 0.338 e. The number of fused-ring (bicyclic) bond motifs is 1. The SMILES string of the molecule is O=C(OCC1CCOCC1)c1ccc(F)c2ccccc12. The van der Waals surface area contributed by atoms with E-state index in [1.54, 1.807) is 24.3 Å². The largest absolute Gasteiger partial charge is 0.462 e. The summed E-state index contributed by atoms with van der Waals surface area (Å²) in [6.45, 7) is 1.84. The first-order valence-electron chi connectivity index (χ1n) is 7.18. The number of esters is 1. The minimum absolute atomic E-state index is 0.327. The van der Waals surface area contributed by atoms with E-state index in [1.807, 2.05) is 0 Å². The summed E-state index contributed by atoms with van der Waals surface area (Å²) >= 11 is 0. The van der Waals surface area contributed by atoms with E-state index in [1.165, 1.54) is 12.1 Å². The van der Waals surface area contributed by atoms with Crippen molar-refractivity contribution in [1.29, 1.82) is 0 Å². The van der Waals surface area contributed by atoms with Crippen LogP contribution in [0.25, 0.3) is 10.8 Å². The van der Waals surface area contributed by atoms with Gasteiger partial charge >= 0.3 is 5.97 Å². The minimum Gasteiger partial charge on any atom is -0.462 e. The number of hydrogen-bond donors (Lipinski definition) is 0. The fraction of sp³-hybridized carbons (Fsp3) is 0.353. The van der Waals surface area contributed by atoms with Crippen LogP contribution in [0.1, 0.15) is 23.2 Å². The fourth-order valence-corrected chi connectivity index (χ4v) is 2.62. The molecule has 0 spiro atoms. The van der Waals surface area contributed by atoms with Crippen LogP contribution in [-0.2, 0) is 9.47 Å². The summed E-state index contributed by atoms with van der Waals surface area (Å²) < 4.78 is 24.4. The van der Waals surface area contributed by atoms with Crippen molar-refractivity contribution in [2.45, 2.75) is 12.8 Å². The van der Waals surface area contributed by atoms with Crippen molar-refractivity contribution in [1.82, 2.24) is 0 Å². The molecule has 0 unspecified atom stereocenters. The summed E-state index contributed by atoms with van der Waals surface area (Å²) in [5.74, 6) is -0.362. The predicted octanol–water partition coefficient (Wildman–Crippen LogP) is 3.56. The average molecular weight is 288 g/mol. The summed E-state index contributed by atoms with van der Waals surface area (Å²) in [5.41, 5.74) is 0.416. The van der Waals surface area contributed by atoms with Crippen LogP contribution in [0, 0.1) is 11.7 Å². The summed E-state index contributed by atoms with van der Waals surface area (Å²) in [4.78, 5) is 12.2. The van der Waals surface area contributed by atoms with Crippen LogP contribution in [0.15, 0.2) is 36.4 Å². The zero-order chi connectivity index (χ0) is 14.7. The van der Waals surface area contributed by atoms with Crippen molar-refractivity contribution >= 4 is 16.7 Å². The lowest BCUT2D eigenvalue weighted by molar-refractivity contribution is 0.0187. The molecule has 1 saturated heterocycles. The lowest BCUT2D eigenvalue weighted by Crippen LogP contribution is -2.22. The molecule has 0 amide bonds. The van der Waals surface area contributed by atoms with Crippen LogP contribution < -0.4 is 0 Å². The third-order valence-electron chi connectivity index (χ3n) is 3.88. The molecule has 110 valence electrons. The number of hydrogen-bond acceptors (Lipinski definition) is 3. The van der Waals surface area contributed by atoms with E-state index < -0.39 is 5.97 Å². The van der Waals surface area contributed by atoms with Crippen LogP contribution in [0.5, 0.6) is 0 Å². The Kier molecular flexibility index (Phi) is 4.15. The van der Waals surface area contributed by atoms with Gasteiger partial charge in [-0.25, -0.2) is 9.18 Å². The van der Waals surface area contributed by atoms with Crippen LogP contribution in [0.2, 0.25) is 0 Å². The van der Waals surface area contributed by atoms with Crippen LogP contribution in [0.3, 0.4) is 0 Å². The molecule has 1 aliphatic heterocycles. The first kappa shape index (κ1) is 14.0. The standard InChI is InChI=1S/C17H17FO3/c18-16-6-5-15(13-3-1-2-4-14(13)16)17(19)21-11-12-7-9-20-10-8-12/h1-6,12H,7-11H2. The second-order valence-electron chi connectivity index (χ2n) is 5.29. The number of carbonyl (C=O) groups excluding carboxylic acids is 1. The van der Waals surface area contributed by atoms with Crippen LogP contribution in [0.4, 0.5) is 4.39 Å². The zero-order valence-electron chi connectivity index (χ0n) is 11.7. The topological polar surface area (TPSA) is 35.5 Å². The quantitative estimate of drug-likeness (QED) is 0.810. The lowest BCUT2D eigenvalue weighted by Gasteiger charge is -2.21. The van der Waals surface area contributed by atoms with E-state index in [9.17, 15) is 9.18 Å². The zero-order valence-corrected chi connectivity index (χ0v) is 11.7. The van der Waals surface area contributed by atoms with Gasteiger partial charge in [0.1, 0.15) is 5.82 Å². The number of benzene rings is 2. The number of carbonyl (C=O) groups is 1. The van der Waals surface area contributed by atoms with Gasteiger partial charge in [-0.3, -0.25) is 0 Å². The van der Waals surface area contributed by atoms with Gasteiger partial charge in [0.15, 0.2) is 0 Å². The molecular formula is C17H17FO3. The highest BCUT2D eigenvalue weighted by Gasteiger charge is 2.18. The fourth-order valence-electron chi connectivity index (χ4n) is 2.62. The van der Waals surface area contributed by atoms with Crippen molar-refractivity contribution in [3.05, 3.63) is 47.8 Å². The first-order valence-corrected chi connectivity index (χ1v) is 7.18. The van der Waals surface area contributed by atoms with Gasteiger partial charge in [-0.05, 0) is 36.3 Å². The van der Waals surface area contributed by atoms with Gasteiger partial charge < -0.3 is 9.47 Å². The Morgan fingerprint density at radius 1 is 1.14 bits per heavy atom. The molecule has 3 rings (SSSR count). The molecule has 4 heteroatoms. The number of halogens is 1. The Morgan fingerprint density at radius 3 is 2.62 bits per heavy atom. The van der Waals surface area contributed by atoms with Gasteiger partial charge in [0.2, 0.25) is 0 Å². The lowest BCUT2D eigenvalue weighted by atomic mass is 10.0. The predicted molar refractivity (Wildman–Crippen MR) is 77.7 cm³/mol. The van der Waals surface area contributed by atoms with Gasteiger partial charge in [0, 0.05) is 18.6 Å². The summed E-state index contributed by atoms with van der Waals surface area (Å²) in [5, 5.41) is 1.03. The van der Waals surface area contributed by atoms with Gasteiger partial charge in [-0.1, -0.05) is 24.3 Å². The van der Waals surface area contributed by atoms with E-state index in [2.05, 4.69) is 0 Å². The molecule has 3 nitrogen and oxygen atoms in total. The number of rotatable bonds is 3. The Morgan fingerprint density at radius 2 is 1.86 bits per heavy atom. The molecule has 0 atom stereocenters. The molecule has 2 aromatic rings. The van der Waals surface area contributed by atoms with Gasteiger partial charge in [0.05, 0.1) is 12.2 Å². The molecule has 0 aliphatic carbocycles. The molecule has 21 heavy (non-hydrogen) atoms. The second-order valence-corrected chi connectivity index (χ2v) is 5.29. The molecule has 0 aromatic heterocycles. The van der Waals surface area contributed by atoms with Crippen molar-refractivity contribution < 1.29 is 18.7 Å². The second kappa shape index (κ2) is 6.22. The van der Waals surface area contributed by atoms with E-state index in [-0.39, 0.29) is 5.82 Å². The van der Waals surface area contributed by atoms with Crippen LogP contribution >= 0.6 is 0 Å². The molecule has 1 heterocycles. The van der Waals surface area contributed by atoms with Crippen molar-refractivity contribution in [3.8, 4) is 0 Å². The first-order chi connectivity index (χ1) is 10.3. The summed E-state index contributed by atoms with van der Waals surface area (Å²) in [7, 11) is 0. The molecular weight excluding hydrogens is 271 g/mol. The highest BCUT2D eigenvalue weighted by Crippen LogP contribution is 2.23. The maximum atomic E-state index is 13.7. The van der Waals surface area contributed by atoms with E-state index in [4.69, 9.17) is 9.47 Å². The molecule has 2 aromatic carbocycles. The average Bonchev–Trinajstić information content (AvgIpc) is 2.54. The van der Waals surface area contributed by atoms with Crippen molar-refractivity contribution in [2.75, 3.05) is 19.8 Å². The maximum Gasteiger partial charge on any atom is 0.338 e. The molecule has 0 radical (unpaired) electrons. The third kappa shape index (κ3) is 3.05. The van der Waals surface area contributed by atoms with Gasteiger partial charge in [0.25, 0.3) is 0 Å². The molecule has 1 aliphatic rings. The number of ether oxygens (including phenoxy) is 2. The Labute approximate surface area is 122 Å². The van der Waals surface area contributed by atoms with Crippen molar-refractivity contribution in [2.24, 2.45) is 5.92 Å². The third-order valence-corrected chi connectivity index (χ3v) is 3.88. The van der Waals surface area contributed by atoms with E-state index in [0.29, 0.717) is 28.9 Å². The maximum absolute atomic E-state index is 13.7. The summed E-state index contributed by atoms with van der Waals surface area (Å²) in [6.07, 6.45) is 1.83.